The van der Waals surface area contributed by atoms with Gasteiger partial charge in [-0.25, -0.2) is 4.98 Å². The Morgan fingerprint density at radius 2 is 1.65 bits per heavy atom. The Bertz CT molecular complexity index is 990. The minimum atomic E-state index is 0.781. The van der Waals surface area contributed by atoms with Crippen molar-refractivity contribution in [3.63, 3.8) is 0 Å². The predicted molar refractivity (Wildman–Crippen MR) is 126 cm³/mol. The molecule has 6 nitrogen and oxygen atoms in total. The van der Waals surface area contributed by atoms with Crippen LogP contribution in [0.5, 0.6) is 17.2 Å². The van der Waals surface area contributed by atoms with E-state index in [9.17, 15) is 0 Å². The normalized spacial score (nSPS) is 14.9. The predicted octanol–water partition coefficient (Wildman–Crippen LogP) is 4.55. The number of anilines is 1. The number of nitrogens with zero attached hydrogens (tertiary/aromatic N) is 3. The van der Waals surface area contributed by atoms with E-state index >= 15 is 0 Å². The maximum absolute atomic E-state index is 5.55. The van der Waals surface area contributed by atoms with Crippen LogP contribution in [0.4, 0.5) is 5.69 Å². The molecular formula is C24H29N3O3S. The van der Waals surface area contributed by atoms with Gasteiger partial charge in [0.2, 0.25) is 0 Å². The standard InChI is InChI=1S/C24H29N3O3S/c1-28-20-7-5-19(6-8-20)27-12-4-11-26(13-14-27)16-18-17-31-24(25-18)22-10-9-21(29-2)15-23(22)30-3/h5-10,15,17H,4,11-14,16H2,1-3H3. The summed E-state index contributed by atoms with van der Waals surface area (Å²) in [5, 5.41) is 3.13. The number of methoxy groups -OCH3 is 3. The summed E-state index contributed by atoms with van der Waals surface area (Å²) in [7, 11) is 5.04. The summed E-state index contributed by atoms with van der Waals surface area (Å²) >= 11 is 1.66. The molecule has 0 bridgehead atoms. The third-order valence-electron chi connectivity index (χ3n) is 5.60. The van der Waals surface area contributed by atoms with Gasteiger partial charge < -0.3 is 19.1 Å². The van der Waals surface area contributed by atoms with E-state index in [1.807, 2.05) is 30.3 Å². The summed E-state index contributed by atoms with van der Waals surface area (Å²) in [4.78, 5) is 9.84. The first-order valence-corrected chi connectivity index (χ1v) is 11.4. The van der Waals surface area contributed by atoms with Crippen LogP contribution >= 0.6 is 11.3 Å². The Morgan fingerprint density at radius 1 is 0.871 bits per heavy atom. The van der Waals surface area contributed by atoms with Crippen molar-refractivity contribution in [3.05, 3.63) is 53.5 Å². The molecule has 4 rings (SSSR count). The monoisotopic (exact) mass is 439 g/mol. The van der Waals surface area contributed by atoms with Crippen LogP contribution in [0.1, 0.15) is 12.1 Å². The Kier molecular flexibility index (Phi) is 6.94. The summed E-state index contributed by atoms with van der Waals surface area (Å²) < 4.78 is 16.1. The lowest BCUT2D eigenvalue weighted by Gasteiger charge is -2.23. The topological polar surface area (TPSA) is 47.1 Å². The van der Waals surface area contributed by atoms with Gasteiger partial charge in [0.25, 0.3) is 0 Å². The smallest absolute Gasteiger partial charge is 0.132 e. The van der Waals surface area contributed by atoms with Crippen LogP contribution in [-0.4, -0.2) is 57.4 Å². The van der Waals surface area contributed by atoms with E-state index in [0.717, 1.165) is 72.7 Å². The van der Waals surface area contributed by atoms with Crippen molar-refractivity contribution in [1.29, 1.82) is 0 Å². The fourth-order valence-electron chi connectivity index (χ4n) is 3.89. The zero-order valence-electron chi connectivity index (χ0n) is 18.3. The number of hydrogen-bond acceptors (Lipinski definition) is 7. The average Bonchev–Trinajstić information content (AvgIpc) is 3.16. The Hall–Kier alpha value is -2.77. The molecule has 3 aromatic rings. The van der Waals surface area contributed by atoms with Crippen molar-refractivity contribution in [2.24, 2.45) is 0 Å². The molecule has 1 fully saturated rings. The summed E-state index contributed by atoms with van der Waals surface area (Å²) in [6, 6.07) is 14.2. The summed E-state index contributed by atoms with van der Waals surface area (Å²) in [5.74, 6) is 2.46. The highest BCUT2D eigenvalue weighted by Gasteiger charge is 2.18. The van der Waals surface area contributed by atoms with E-state index in [1.165, 1.54) is 5.69 Å². The van der Waals surface area contributed by atoms with E-state index in [2.05, 4.69) is 27.3 Å². The molecule has 0 N–H and O–H groups in total. The van der Waals surface area contributed by atoms with Gasteiger partial charge in [-0.15, -0.1) is 11.3 Å². The highest BCUT2D eigenvalue weighted by Crippen LogP contribution is 2.35. The van der Waals surface area contributed by atoms with Crippen molar-refractivity contribution in [1.82, 2.24) is 9.88 Å². The summed E-state index contributed by atoms with van der Waals surface area (Å²) in [5.41, 5.74) is 3.36. The van der Waals surface area contributed by atoms with Crippen LogP contribution in [-0.2, 0) is 6.54 Å². The van der Waals surface area contributed by atoms with Crippen LogP contribution in [0.25, 0.3) is 10.6 Å². The largest absolute Gasteiger partial charge is 0.497 e. The van der Waals surface area contributed by atoms with Crippen LogP contribution in [0.3, 0.4) is 0 Å². The Labute approximate surface area is 188 Å². The molecule has 2 heterocycles. The lowest BCUT2D eigenvalue weighted by molar-refractivity contribution is 0.282. The highest BCUT2D eigenvalue weighted by molar-refractivity contribution is 7.13. The second-order valence-electron chi connectivity index (χ2n) is 7.52. The van der Waals surface area contributed by atoms with Gasteiger partial charge in [-0.1, -0.05) is 0 Å². The van der Waals surface area contributed by atoms with Crippen LogP contribution < -0.4 is 19.1 Å². The molecule has 1 aliphatic rings. The van der Waals surface area contributed by atoms with Gasteiger partial charge in [0.15, 0.2) is 0 Å². The number of aromatic nitrogens is 1. The van der Waals surface area contributed by atoms with Gasteiger partial charge in [0.1, 0.15) is 22.3 Å². The van der Waals surface area contributed by atoms with Gasteiger partial charge >= 0.3 is 0 Å². The average molecular weight is 440 g/mol. The van der Waals surface area contributed by atoms with Crippen molar-refractivity contribution >= 4 is 17.0 Å². The summed E-state index contributed by atoms with van der Waals surface area (Å²) in [6.45, 7) is 5.03. The second-order valence-corrected chi connectivity index (χ2v) is 8.38. The summed E-state index contributed by atoms with van der Waals surface area (Å²) in [6.07, 6.45) is 1.13. The first-order chi connectivity index (χ1) is 15.2. The fraction of sp³-hybridized carbons (Fsp3) is 0.375. The molecule has 164 valence electrons. The highest BCUT2D eigenvalue weighted by atomic mass is 32.1. The fourth-order valence-corrected chi connectivity index (χ4v) is 4.73. The molecule has 1 aliphatic heterocycles. The van der Waals surface area contributed by atoms with Crippen molar-refractivity contribution < 1.29 is 14.2 Å². The molecule has 1 aromatic heterocycles. The molecule has 0 spiro atoms. The second kappa shape index (κ2) is 10.0. The molecule has 0 saturated carbocycles. The van der Waals surface area contributed by atoms with Crippen LogP contribution in [0, 0.1) is 0 Å². The number of thiazole rings is 1. The van der Waals surface area contributed by atoms with Gasteiger partial charge in [-0.2, -0.15) is 0 Å². The van der Waals surface area contributed by atoms with Crippen molar-refractivity contribution in [2.45, 2.75) is 13.0 Å². The maximum Gasteiger partial charge on any atom is 0.132 e. The number of rotatable bonds is 7. The van der Waals surface area contributed by atoms with E-state index in [-0.39, 0.29) is 0 Å². The molecule has 0 amide bonds. The van der Waals surface area contributed by atoms with Gasteiger partial charge in [-0.05, 0) is 42.8 Å². The molecule has 1 saturated heterocycles. The molecule has 0 radical (unpaired) electrons. The third-order valence-corrected chi connectivity index (χ3v) is 6.53. The van der Waals surface area contributed by atoms with Crippen molar-refractivity contribution in [3.8, 4) is 27.8 Å². The molecule has 31 heavy (non-hydrogen) atoms. The molecule has 7 heteroatoms. The minimum absolute atomic E-state index is 0.781. The van der Waals surface area contributed by atoms with E-state index in [1.54, 1.807) is 32.7 Å². The molecular weight excluding hydrogens is 410 g/mol. The first kappa shape index (κ1) is 21.5. The molecule has 2 aromatic carbocycles. The molecule has 0 unspecified atom stereocenters. The zero-order chi connectivity index (χ0) is 21.6. The molecule has 0 atom stereocenters. The number of hydrogen-bond donors (Lipinski definition) is 0. The van der Waals surface area contributed by atoms with E-state index < -0.39 is 0 Å². The van der Waals surface area contributed by atoms with Crippen LogP contribution in [0.15, 0.2) is 47.8 Å². The van der Waals surface area contributed by atoms with Gasteiger partial charge in [0, 0.05) is 49.9 Å². The van der Waals surface area contributed by atoms with Gasteiger partial charge in [0.05, 0.1) is 32.6 Å². The van der Waals surface area contributed by atoms with Gasteiger partial charge in [-0.3, -0.25) is 4.90 Å². The molecule has 0 aliphatic carbocycles. The lowest BCUT2D eigenvalue weighted by Crippen LogP contribution is -2.30. The number of ether oxygens (including phenoxy) is 3. The zero-order valence-corrected chi connectivity index (χ0v) is 19.2. The SMILES string of the molecule is COc1ccc(N2CCCN(Cc3csc(-c4ccc(OC)cc4OC)n3)CC2)cc1. The maximum atomic E-state index is 5.55. The first-order valence-electron chi connectivity index (χ1n) is 10.5. The quantitative estimate of drug-likeness (QED) is 0.538. The minimum Gasteiger partial charge on any atom is -0.497 e. The third kappa shape index (κ3) is 5.11. The van der Waals surface area contributed by atoms with E-state index in [4.69, 9.17) is 19.2 Å². The van der Waals surface area contributed by atoms with Crippen LogP contribution in [0.2, 0.25) is 0 Å². The number of benzene rings is 2. The van der Waals surface area contributed by atoms with E-state index in [0.29, 0.717) is 0 Å². The Balaban J connectivity index is 1.40. The Morgan fingerprint density at radius 3 is 2.39 bits per heavy atom. The van der Waals surface area contributed by atoms with Crippen molar-refractivity contribution in [2.75, 3.05) is 52.4 Å². The lowest BCUT2D eigenvalue weighted by atomic mass is 10.2.